The molecular formula is C14H26N4. The molecule has 4 heteroatoms. The lowest BCUT2D eigenvalue weighted by Gasteiger charge is -2.38. The molecule has 0 radical (unpaired) electrons. The van der Waals surface area contributed by atoms with Gasteiger partial charge in [-0.05, 0) is 46.5 Å². The highest BCUT2D eigenvalue weighted by molar-refractivity contribution is 5.67. The van der Waals surface area contributed by atoms with Gasteiger partial charge in [-0.15, -0.1) is 0 Å². The number of aromatic nitrogens is 2. The lowest BCUT2D eigenvalue weighted by atomic mass is 9.93. The van der Waals surface area contributed by atoms with Crippen molar-refractivity contribution in [3.8, 4) is 0 Å². The van der Waals surface area contributed by atoms with Crippen LogP contribution in [0.15, 0.2) is 0 Å². The number of rotatable bonds is 2. The number of anilines is 2. The molecule has 0 aromatic carbocycles. The van der Waals surface area contributed by atoms with E-state index < -0.39 is 0 Å². The third kappa shape index (κ3) is 2.20. The molecule has 2 N–H and O–H groups in total. The summed E-state index contributed by atoms with van der Waals surface area (Å²) in [5.41, 5.74) is 8.04. The third-order valence-corrected chi connectivity index (χ3v) is 4.00. The fourth-order valence-electron chi connectivity index (χ4n) is 2.92. The van der Waals surface area contributed by atoms with Crippen LogP contribution in [-0.4, -0.2) is 22.4 Å². The van der Waals surface area contributed by atoms with E-state index in [1.54, 1.807) is 0 Å². The van der Waals surface area contributed by atoms with Crippen LogP contribution in [0.2, 0.25) is 0 Å². The number of nitrogens with zero attached hydrogens (tertiary/aromatic N) is 3. The van der Waals surface area contributed by atoms with Gasteiger partial charge < -0.3 is 10.6 Å². The SMILES string of the molecule is Cc1nn(C(C)C)c(N2CCC(C)CC2C)c1N. The average Bonchev–Trinajstić information content (AvgIpc) is 2.57. The molecular weight excluding hydrogens is 224 g/mol. The Bertz CT molecular complexity index is 422. The Kier molecular flexibility index (Phi) is 3.55. The highest BCUT2D eigenvalue weighted by Gasteiger charge is 2.28. The average molecular weight is 250 g/mol. The van der Waals surface area contributed by atoms with E-state index in [2.05, 4.69) is 42.4 Å². The van der Waals surface area contributed by atoms with Crippen LogP contribution in [-0.2, 0) is 0 Å². The Morgan fingerprint density at radius 3 is 2.56 bits per heavy atom. The summed E-state index contributed by atoms with van der Waals surface area (Å²) >= 11 is 0. The van der Waals surface area contributed by atoms with Crippen LogP contribution in [0.1, 0.15) is 52.3 Å². The van der Waals surface area contributed by atoms with Crippen LogP contribution >= 0.6 is 0 Å². The largest absolute Gasteiger partial charge is 0.394 e. The Morgan fingerprint density at radius 2 is 2.00 bits per heavy atom. The first-order chi connectivity index (χ1) is 8.41. The molecule has 1 fully saturated rings. The Morgan fingerprint density at radius 1 is 1.33 bits per heavy atom. The number of nitrogens with two attached hydrogens (primary N) is 1. The fraction of sp³-hybridized carbons (Fsp3) is 0.786. The van der Waals surface area contributed by atoms with Gasteiger partial charge in [-0.3, -0.25) is 0 Å². The first-order valence-corrected chi connectivity index (χ1v) is 7.03. The zero-order valence-corrected chi connectivity index (χ0v) is 12.3. The summed E-state index contributed by atoms with van der Waals surface area (Å²) in [6.07, 6.45) is 2.48. The highest BCUT2D eigenvalue weighted by atomic mass is 15.4. The van der Waals surface area contributed by atoms with Gasteiger partial charge in [0.2, 0.25) is 0 Å². The fourth-order valence-corrected chi connectivity index (χ4v) is 2.92. The number of nitrogen functional groups attached to an aromatic ring is 1. The highest BCUT2D eigenvalue weighted by Crippen LogP contribution is 2.34. The van der Waals surface area contributed by atoms with Gasteiger partial charge >= 0.3 is 0 Å². The van der Waals surface area contributed by atoms with Crippen molar-refractivity contribution in [2.24, 2.45) is 5.92 Å². The van der Waals surface area contributed by atoms with Crippen molar-refractivity contribution in [2.75, 3.05) is 17.2 Å². The molecule has 0 amide bonds. The smallest absolute Gasteiger partial charge is 0.151 e. The summed E-state index contributed by atoms with van der Waals surface area (Å²) in [6, 6.07) is 0.896. The molecule has 0 saturated carbocycles. The molecule has 1 aromatic rings. The van der Waals surface area contributed by atoms with Crippen molar-refractivity contribution < 1.29 is 0 Å². The van der Waals surface area contributed by atoms with E-state index in [-0.39, 0.29) is 0 Å². The third-order valence-electron chi connectivity index (χ3n) is 4.00. The summed E-state index contributed by atoms with van der Waals surface area (Å²) in [5, 5.41) is 4.59. The van der Waals surface area contributed by atoms with Crippen molar-refractivity contribution >= 4 is 11.5 Å². The van der Waals surface area contributed by atoms with E-state index in [1.165, 1.54) is 12.8 Å². The van der Waals surface area contributed by atoms with Gasteiger partial charge in [0.25, 0.3) is 0 Å². The monoisotopic (exact) mass is 250 g/mol. The second-order valence-corrected chi connectivity index (χ2v) is 6.03. The Labute approximate surface area is 110 Å². The van der Waals surface area contributed by atoms with Crippen LogP contribution < -0.4 is 10.6 Å². The van der Waals surface area contributed by atoms with Gasteiger partial charge in [-0.25, -0.2) is 4.68 Å². The van der Waals surface area contributed by atoms with Crippen LogP contribution in [0.5, 0.6) is 0 Å². The molecule has 1 aliphatic rings. The van der Waals surface area contributed by atoms with Crippen molar-refractivity contribution in [1.82, 2.24) is 9.78 Å². The van der Waals surface area contributed by atoms with Gasteiger partial charge in [-0.1, -0.05) is 6.92 Å². The van der Waals surface area contributed by atoms with E-state index >= 15 is 0 Å². The molecule has 4 nitrogen and oxygen atoms in total. The molecule has 1 aliphatic heterocycles. The van der Waals surface area contributed by atoms with E-state index in [9.17, 15) is 0 Å². The minimum atomic E-state index is 0.350. The van der Waals surface area contributed by atoms with Gasteiger partial charge in [0.1, 0.15) is 0 Å². The summed E-state index contributed by atoms with van der Waals surface area (Å²) in [6.45, 7) is 12.0. The Hall–Kier alpha value is -1.19. The molecule has 0 spiro atoms. The zero-order chi connectivity index (χ0) is 13.4. The molecule has 0 bridgehead atoms. The van der Waals surface area contributed by atoms with Gasteiger partial charge in [-0.2, -0.15) is 5.10 Å². The number of aryl methyl sites for hydroxylation is 1. The predicted octanol–water partition coefficient (Wildman–Crippen LogP) is 2.98. The van der Waals surface area contributed by atoms with E-state index in [4.69, 9.17) is 5.73 Å². The maximum absolute atomic E-state index is 6.24. The van der Waals surface area contributed by atoms with E-state index in [1.807, 2.05) is 6.92 Å². The quantitative estimate of drug-likeness (QED) is 0.877. The summed E-state index contributed by atoms with van der Waals surface area (Å²) < 4.78 is 2.08. The second kappa shape index (κ2) is 4.82. The lowest BCUT2D eigenvalue weighted by molar-refractivity contribution is 0.368. The lowest BCUT2D eigenvalue weighted by Crippen LogP contribution is -2.42. The molecule has 102 valence electrons. The minimum Gasteiger partial charge on any atom is -0.394 e. The van der Waals surface area contributed by atoms with Crippen LogP contribution in [0.4, 0.5) is 11.5 Å². The van der Waals surface area contributed by atoms with Crippen molar-refractivity contribution in [2.45, 2.75) is 59.5 Å². The first kappa shape index (κ1) is 13.2. The molecule has 2 atom stereocenters. The first-order valence-electron chi connectivity index (χ1n) is 7.03. The standard InChI is InChI=1S/C14H26N4/c1-9(2)18-14(13(15)12(5)16-18)17-7-6-10(3)8-11(17)4/h9-11H,6-8,15H2,1-5H3. The number of hydrogen-bond donors (Lipinski definition) is 1. The van der Waals surface area contributed by atoms with E-state index in [0.717, 1.165) is 29.7 Å². The predicted molar refractivity (Wildman–Crippen MR) is 77.0 cm³/mol. The molecule has 1 aromatic heterocycles. The van der Waals surface area contributed by atoms with Crippen molar-refractivity contribution in [3.63, 3.8) is 0 Å². The molecule has 1 saturated heterocycles. The molecule has 2 unspecified atom stereocenters. The van der Waals surface area contributed by atoms with Gasteiger partial charge in [0.05, 0.1) is 11.4 Å². The molecule has 2 heterocycles. The summed E-state index contributed by atoms with van der Waals surface area (Å²) in [5.74, 6) is 1.94. The Balaban J connectivity index is 2.37. The van der Waals surface area contributed by atoms with Crippen molar-refractivity contribution in [1.29, 1.82) is 0 Å². The van der Waals surface area contributed by atoms with E-state index in [0.29, 0.717) is 12.1 Å². The minimum absolute atomic E-state index is 0.350. The molecule has 0 aliphatic carbocycles. The number of hydrogen-bond acceptors (Lipinski definition) is 3. The molecule has 2 rings (SSSR count). The topological polar surface area (TPSA) is 47.1 Å². The second-order valence-electron chi connectivity index (χ2n) is 6.03. The maximum Gasteiger partial charge on any atom is 0.151 e. The zero-order valence-electron chi connectivity index (χ0n) is 12.3. The van der Waals surface area contributed by atoms with Gasteiger partial charge in [0.15, 0.2) is 5.82 Å². The van der Waals surface area contributed by atoms with Crippen LogP contribution in [0.3, 0.4) is 0 Å². The summed E-state index contributed by atoms with van der Waals surface area (Å²) in [4.78, 5) is 2.44. The van der Waals surface area contributed by atoms with Crippen molar-refractivity contribution in [3.05, 3.63) is 5.69 Å². The number of piperidine rings is 1. The van der Waals surface area contributed by atoms with Gasteiger partial charge in [0, 0.05) is 18.6 Å². The van der Waals surface area contributed by atoms with Crippen LogP contribution in [0, 0.1) is 12.8 Å². The summed E-state index contributed by atoms with van der Waals surface area (Å²) in [7, 11) is 0. The molecule has 18 heavy (non-hydrogen) atoms. The normalized spacial score (nSPS) is 24.9. The van der Waals surface area contributed by atoms with Crippen LogP contribution in [0.25, 0.3) is 0 Å². The maximum atomic E-state index is 6.24.